The number of thioether (sulfide) groups is 1. The molecule has 1 aliphatic carbocycles. The highest BCUT2D eigenvalue weighted by atomic mass is 32.2. The standard InChI is InChI=1S/C17H30N4OS2/c1-3-18-15(19-9-5-12-23-16-20-10-13-24-16)21-14-17(6-4-7-17)8-11-22-2/h10,13H,3-9,11-12,14H2,1-2H3,(H2,18,19,21). The maximum absolute atomic E-state index is 5.26. The van der Waals surface area contributed by atoms with E-state index in [1.807, 2.05) is 23.3 Å². The van der Waals surface area contributed by atoms with Gasteiger partial charge >= 0.3 is 0 Å². The van der Waals surface area contributed by atoms with Crippen molar-refractivity contribution in [1.29, 1.82) is 0 Å². The molecule has 5 nitrogen and oxygen atoms in total. The third-order valence-electron chi connectivity index (χ3n) is 4.42. The molecule has 0 aromatic carbocycles. The Morgan fingerprint density at radius 2 is 2.33 bits per heavy atom. The van der Waals surface area contributed by atoms with Gasteiger partial charge in [0.2, 0.25) is 0 Å². The van der Waals surface area contributed by atoms with E-state index in [0.29, 0.717) is 5.41 Å². The second kappa shape index (κ2) is 10.9. The lowest BCUT2D eigenvalue weighted by molar-refractivity contribution is 0.0778. The normalized spacial score (nSPS) is 16.7. The van der Waals surface area contributed by atoms with Crippen LogP contribution >= 0.6 is 23.1 Å². The highest BCUT2D eigenvalue weighted by Gasteiger charge is 2.36. The van der Waals surface area contributed by atoms with Crippen molar-refractivity contribution < 1.29 is 4.74 Å². The van der Waals surface area contributed by atoms with E-state index >= 15 is 0 Å². The molecule has 1 fully saturated rings. The van der Waals surface area contributed by atoms with Gasteiger partial charge in [-0.05, 0) is 38.0 Å². The zero-order chi connectivity index (χ0) is 17.1. The monoisotopic (exact) mass is 370 g/mol. The van der Waals surface area contributed by atoms with Gasteiger partial charge in [0.25, 0.3) is 0 Å². The first-order valence-electron chi connectivity index (χ1n) is 8.81. The highest BCUT2D eigenvalue weighted by Crippen LogP contribution is 2.44. The molecule has 1 saturated carbocycles. The molecule has 0 spiro atoms. The number of guanidine groups is 1. The number of thiazole rings is 1. The summed E-state index contributed by atoms with van der Waals surface area (Å²) >= 11 is 3.53. The van der Waals surface area contributed by atoms with Crippen LogP contribution in [-0.4, -0.2) is 50.0 Å². The summed E-state index contributed by atoms with van der Waals surface area (Å²) in [4.78, 5) is 9.12. The van der Waals surface area contributed by atoms with Gasteiger partial charge in [-0.15, -0.1) is 11.3 Å². The van der Waals surface area contributed by atoms with Crippen LogP contribution in [0.1, 0.15) is 39.0 Å². The molecule has 0 radical (unpaired) electrons. The minimum Gasteiger partial charge on any atom is -0.385 e. The van der Waals surface area contributed by atoms with Crippen LogP contribution in [0, 0.1) is 5.41 Å². The van der Waals surface area contributed by atoms with Crippen molar-refractivity contribution in [3.63, 3.8) is 0 Å². The molecule has 136 valence electrons. The molecule has 1 aliphatic rings. The minimum atomic E-state index is 0.374. The molecule has 24 heavy (non-hydrogen) atoms. The van der Waals surface area contributed by atoms with Crippen molar-refractivity contribution in [2.75, 3.05) is 39.1 Å². The van der Waals surface area contributed by atoms with Crippen molar-refractivity contribution in [3.8, 4) is 0 Å². The van der Waals surface area contributed by atoms with Crippen molar-refractivity contribution in [1.82, 2.24) is 15.6 Å². The summed E-state index contributed by atoms with van der Waals surface area (Å²) in [5, 5.41) is 8.83. The van der Waals surface area contributed by atoms with E-state index in [9.17, 15) is 0 Å². The molecule has 7 heteroatoms. The van der Waals surface area contributed by atoms with E-state index < -0.39 is 0 Å². The molecule has 0 atom stereocenters. The summed E-state index contributed by atoms with van der Waals surface area (Å²) in [6.45, 7) is 5.69. The van der Waals surface area contributed by atoms with Crippen molar-refractivity contribution in [2.45, 2.75) is 43.4 Å². The van der Waals surface area contributed by atoms with Crippen LogP contribution in [0.25, 0.3) is 0 Å². The number of aromatic nitrogens is 1. The van der Waals surface area contributed by atoms with Gasteiger partial charge in [0.1, 0.15) is 4.34 Å². The number of nitrogens with zero attached hydrogens (tertiary/aromatic N) is 2. The maximum Gasteiger partial charge on any atom is 0.191 e. The zero-order valence-electron chi connectivity index (χ0n) is 14.8. The summed E-state index contributed by atoms with van der Waals surface area (Å²) in [6.07, 6.45) is 7.98. The molecule has 0 saturated heterocycles. The summed E-state index contributed by atoms with van der Waals surface area (Å²) < 4.78 is 6.42. The summed E-state index contributed by atoms with van der Waals surface area (Å²) in [6, 6.07) is 0. The highest BCUT2D eigenvalue weighted by molar-refractivity contribution is 8.00. The Morgan fingerprint density at radius 1 is 1.46 bits per heavy atom. The Balaban J connectivity index is 1.69. The van der Waals surface area contributed by atoms with Gasteiger partial charge < -0.3 is 15.4 Å². The number of hydrogen-bond acceptors (Lipinski definition) is 5. The third-order valence-corrected chi connectivity index (χ3v) is 6.47. The molecule has 1 heterocycles. The molecule has 0 amide bonds. The number of ether oxygens (including phenoxy) is 1. The largest absolute Gasteiger partial charge is 0.385 e. The fourth-order valence-electron chi connectivity index (χ4n) is 2.79. The summed E-state index contributed by atoms with van der Waals surface area (Å²) in [7, 11) is 1.78. The Bertz CT molecular complexity index is 475. The molecule has 2 N–H and O–H groups in total. The van der Waals surface area contributed by atoms with Crippen molar-refractivity contribution in [2.24, 2.45) is 10.4 Å². The lowest BCUT2D eigenvalue weighted by Crippen LogP contribution is -2.40. The lowest BCUT2D eigenvalue weighted by Gasteiger charge is -2.40. The van der Waals surface area contributed by atoms with Crippen LogP contribution in [0.3, 0.4) is 0 Å². The van der Waals surface area contributed by atoms with E-state index in [1.165, 1.54) is 19.3 Å². The second-order valence-corrected chi connectivity index (χ2v) is 8.45. The molecule has 2 rings (SSSR count). The first kappa shape index (κ1) is 19.5. The van der Waals surface area contributed by atoms with Crippen LogP contribution in [0.5, 0.6) is 0 Å². The van der Waals surface area contributed by atoms with Gasteiger partial charge in [-0.25, -0.2) is 4.98 Å². The van der Waals surface area contributed by atoms with Crippen molar-refractivity contribution in [3.05, 3.63) is 11.6 Å². The molecule has 1 aromatic rings. The lowest BCUT2D eigenvalue weighted by atomic mass is 9.67. The Labute approximate surface area is 154 Å². The van der Waals surface area contributed by atoms with E-state index in [2.05, 4.69) is 22.5 Å². The fraction of sp³-hybridized carbons (Fsp3) is 0.765. The minimum absolute atomic E-state index is 0.374. The molecular formula is C17H30N4OS2. The van der Waals surface area contributed by atoms with Gasteiger partial charge in [-0.3, -0.25) is 4.99 Å². The van der Waals surface area contributed by atoms with Crippen molar-refractivity contribution >= 4 is 29.1 Å². The third kappa shape index (κ3) is 6.61. The van der Waals surface area contributed by atoms with E-state index in [-0.39, 0.29) is 0 Å². The topological polar surface area (TPSA) is 58.5 Å². The summed E-state index contributed by atoms with van der Waals surface area (Å²) in [5.74, 6) is 2.03. The van der Waals surface area contributed by atoms with Gasteiger partial charge in [0, 0.05) is 50.7 Å². The zero-order valence-corrected chi connectivity index (χ0v) is 16.5. The van der Waals surface area contributed by atoms with Gasteiger partial charge in [-0.2, -0.15) is 0 Å². The van der Waals surface area contributed by atoms with E-state index in [4.69, 9.17) is 9.73 Å². The first-order chi connectivity index (χ1) is 11.8. The van der Waals surface area contributed by atoms with Crippen LogP contribution in [-0.2, 0) is 4.74 Å². The average Bonchev–Trinajstić information content (AvgIpc) is 3.06. The van der Waals surface area contributed by atoms with E-state index in [0.717, 1.165) is 55.1 Å². The molecule has 0 bridgehead atoms. The maximum atomic E-state index is 5.26. The number of aliphatic imine (C=N–C) groups is 1. The number of rotatable bonds is 11. The molecule has 0 aliphatic heterocycles. The fourth-order valence-corrected chi connectivity index (χ4v) is 4.44. The molecule has 1 aromatic heterocycles. The second-order valence-electron chi connectivity index (χ2n) is 6.22. The van der Waals surface area contributed by atoms with Crippen LogP contribution in [0.4, 0.5) is 0 Å². The Morgan fingerprint density at radius 3 is 2.96 bits per heavy atom. The number of methoxy groups -OCH3 is 1. The Hall–Kier alpha value is -0.790. The van der Waals surface area contributed by atoms with Crippen LogP contribution in [0.15, 0.2) is 20.9 Å². The van der Waals surface area contributed by atoms with Gasteiger partial charge in [-0.1, -0.05) is 18.2 Å². The smallest absolute Gasteiger partial charge is 0.191 e. The molecule has 0 unspecified atom stereocenters. The van der Waals surface area contributed by atoms with E-state index in [1.54, 1.807) is 18.4 Å². The first-order valence-corrected chi connectivity index (χ1v) is 10.7. The SMILES string of the molecule is CCNC(=NCC1(CCOC)CCC1)NCCCSc1nccs1. The average molecular weight is 371 g/mol. The number of nitrogens with one attached hydrogen (secondary N) is 2. The quantitative estimate of drug-likeness (QED) is 0.271. The van der Waals surface area contributed by atoms with Gasteiger partial charge in [0.05, 0.1) is 0 Å². The Kier molecular flexibility index (Phi) is 8.91. The predicted octanol–water partition coefficient (Wildman–Crippen LogP) is 3.39. The summed E-state index contributed by atoms with van der Waals surface area (Å²) in [5.41, 5.74) is 0.374. The number of hydrogen-bond donors (Lipinski definition) is 2. The molecular weight excluding hydrogens is 340 g/mol. The van der Waals surface area contributed by atoms with Crippen LogP contribution < -0.4 is 10.6 Å². The predicted molar refractivity (Wildman–Crippen MR) is 104 cm³/mol. The van der Waals surface area contributed by atoms with Crippen LogP contribution in [0.2, 0.25) is 0 Å². The van der Waals surface area contributed by atoms with Gasteiger partial charge in [0.15, 0.2) is 5.96 Å².